The van der Waals surface area contributed by atoms with E-state index in [-0.39, 0.29) is 70.0 Å². The number of benzene rings is 3. The average Bonchev–Trinajstić information content (AvgIpc) is 3.40. The molecule has 2 heterocycles. The minimum Gasteiger partial charge on any atom is -0.447 e. The van der Waals surface area contributed by atoms with Gasteiger partial charge in [-0.15, -0.1) is 12.1 Å². The van der Waals surface area contributed by atoms with Gasteiger partial charge in [-0.2, -0.15) is 18.7 Å². The van der Waals surface area contributed by atoms with E-state index in [9.17, 15) is 32.3 Å². The Labute approximate surface area is 289 Å². The number of hydrogen-bond donors (Lipinski definition) is 1. The van der Waals surface area contributed by atoms with Gasteiger partial charge in [-0.05, 0) is 36.6 Å². The Morgan fingerprint density at radius 1 is 1.02 bits per heavy atom. The Kier molecular flexibility index (Phi) is 11.6. The molecule has 3 aromatic carbocycles. The van der Waals surface area contributed by atoms with Crippen LogP contribution >= 0.6 is 0 Å². The van der Waals surface area contributed by atoms with Crippen LogP contribution in [-0.4, -0.2) is 58.2 Å². The van der Waals surface area contributed by atoms with E-state index >= 15 is 0 Å². The molecule has 1 N–H and O–H groups in total. The SMILES string of the molecule is CC(=O)CC[C@@H](C(=O)NCc1cccc(C(F)(F)F)c1)N1C(=O)[C@@H](N2C(=O)OC[C@@H]2c2ccccc2)C1[C-]=Cc1ccccc1.[Y]. The largest absolute Gasteiger partial charge is 0.447 e. The van der Waals surface area contributed by atoms with Crippen molar-refractivity contribution >= 4 is 29.8 Å². The van der Waals surface area contributed by atoms with Gasteiger partial charge in [0.1, 0.15) is 24.5 Å². The monoisotopic (exact) mass is 707 g/mol. The molecular weight excluding hydrogens is 676 g/mol. The third kappa shape index (κ3) is 7.93. The molecule has 2 aliphatic rings. The summed E-state index contributed by atoms with van der Waals surface area (Å²) in [6.45, 7) is 1.17. The summed E-state index contributed by atoms with van der Waals surface area (Å²) in [5.74, 6) is -1.38. The van der Waals surface area contributed by atoms with Crippen molar-refractivity contribution in [3.63, 3.8) is 0 Å². The smallest absolute Gasteiger partial charge is 0.416 e. The van der Waals surface area contributed by atoms with Gasteiger partial charge in [-0.25, -0.2) is 16.9 Å². The Hall–Kier alpha value is -3.83. The third-order valence-corrected chi connectivity index (χ3v) is 7.85. The maximum Gasteiger partial charge on any atom is 0.416 e. The van der Waals surface area contributed by atoms with Crippen LogP contribution in [0.2, 0.25) is 0 Å². The molecule has 5 rings (SSSR count). The summed E-state index contributed by atoms with van der Waals surface area (Å²) in [4.78, 5) is 55.2. The number of likely N-dealkylation sites (tertiary alicyclic amines) is 1. The number of nitrogens with zero attached hydrogens (tertiary/aromatic N) is 2. The number of hydrogen-bond acceptors (Lipinski definition) is 5. The predicted molar refractivity (Wildman–Crippen MR) is 158 cm³/mol. The fourth-order valence-electron chi connectivity index (χ4n) is 5.59. The predicted octanol–water partition coefficient (Wildman–Crippen LogP) is 5.35. The van der Waals surface area contributed by atoms with Crippen molar-refractivity contribution in [3.8, 4) is 0 Å². The summed E-state index contributed by atoms with van der Waals surface area (Å²) < 4.78 is 45.1. The zero-order valence-corrected chi connectivity index (χ0v) is 27.8. The van der Waals surface area contributed by atoms with Crippen molar-refractivity contribution in [2.24, 2.45) is 0 Å². The minimum atomic E-state index is -4.55. The first-order chi connectivity index (χ1) is 21.5. The summed E-state index contributed by atoms with van der Waals surface area (Å²) >= 11 is 0. The van der Waals surface area contributed by atoms with Gasteiger partial charge in [0.15, 0.2) is 0 Å². The molecule has 0 aromatic heterocycles. The van der Waals surface area contributed by atoms with Gasteiger partial charge in [0, 0.05) is 51.7 Å². The van der Waals surface area contributed by atoms with Crippen molar-refractivity contribution in [2.75, 3.05) is 6.61 Å². The molecule has 0 aliphatic carbocycles. The molecular formula is C34H31F3N3O5Y-. The second-order valence-corrected chi connectivity index (χ2v) is 10.9. The number of carbonyl (C=O) groups is 4. The number of ether oxygens (including phenoxy) is 1. The first-order valence-corrected chi connectivity index (χ1v) is 14.4. The molecule has 1 unspecified atom stereocenters. The average molecular weight is 708 g/mol. The first-order valence-electron chi connectivity index (χ1n) is 14.4. The van der Waals surface area contributed by atoms with Crippen LogP contribution < -0.4 is 5.32 Å². The van der Waals surface area contributed by atoms with Crippen molar-refractivity contribution < 1.29 is 69.8 Å². The number of Topliss-reactive ketones (excluding diaryl/α,β-unsaturated/α-hetero) is 1. The van der Waals surface area contributed by atoms with E-state index in [0.29, 0.717) is 0 Å². The Bertz CT molecular complexity index is 1590. The van der Waals surface area contributed by atoms with E-state index < -0.39 is 53.8 Å². The van der Waals surface area contributed by atoms with Crippen LogP contribution in [0.25, 0.3) is 6.08 Å². The number of amides is 3. The molecule has 2 aliphatic heterocycles. The van der Waals surface area contributed by atoms with Crippen LogP contribution in [0, 0.1) is 6.08 Å². The van der Waals surface area contributed by atoms with Crippen LogP contribution in [0.15, 0.2) is 84.9 Å². The molecule has 3 aromatic rings. The molecule has 2 fully saturated rings. The van der Waals surface area contributed by atoms with Crippen LogP contribution in [0.1, 0.15) is 48.1 Å². The van der Waals surface area contributed by atoms with Crippen LogP contribution in [0.5, 0.6) is 0 Å². The molecule has 0 bridgehead atoms. The fraction of sp³-hybridized carbons (Fsp3) is 0.294. The number of ketones is 1. The van der Waals surface area contributed by atoms with E-state index in [1.807, 2.05) is 60.7 Å². The van der Waals surface area contributed by atoms with Crippen molar-refractivity contribution in [1.82, 2.24) is 15.1 Å². The molecule has 1 radical (unpaired) electrons. The standard InChI is InChI=1S/C34H31F3N3O5.Y/c1-22(41)15-17-28(31(42)38-20-24-11-8-14-26(19-24)34(35,36)37)39-27(18-16-23-9-4-2-5-10-23)30(32(39)43)40-29(21-45-33(40)44)25-12-6-3-7-13-25;/h2-14,16,19,27-30H,15,17,20-21H2,1H3,(H,38,42);/q-1;/t27?,28-,29+,30-;/m0./s1. The Morgan fingerprint density at radius 2 is 1.70 bits per heavy atom. The number of rotatable bonds is 11. The van der Waals surface area contributed by atoms with Crippen molar-refractivity contribution in [1.29, 1.82) is 0 Å². The summed E-state index contributed by atoms with van der Waals surface area (Å²) in [6, 6.07) is 19.2. The number of cyclic esters (lactones) is 1. The van der Waals surface area contributed by atoms with E-state index in [1.54, 1.807) is 6.08 Å². The maximum absolute atomic E-state index is 13.9. The number of alkyl halides is 3. The molecule has 46 heavy (non-hydrogen) atoms. The second-order valence-electron chi connectivity index (χ2n) is 10.9. The van der Waals surface area contributed by atoms with Gasteiger partial charge >= 0.3 is 12.3 Å². The zero-order chi connectivity index (χ0) is 32.1. The zero-order valence-electron chi connectivity index (χ0n) is 24.9. The fourth-order valence-corrected chi connectivity index (χ4v) is 5.59. The number of β-lactam (4-membered cyclic amide) rings is 1. The van der Waals surface area contributed by atoms with Crippen LogP contribution in [0.4, 0.5) is 18.0 Å². The Morgan fingerprint density at radius 3 is 2.35 bits per heavy atom. The molecule has 237 valence electrons. The molecule has 4 atom stereocenters. The minimum absolute atomic E-state index is 0. The van der Waals surface area contributed by atoms with Gasteiger partial charge in [0.2, 0.25) is 11.8 Å². The van der Waals surface area contributed by atoms with Gasteiger partial charge in [0.25, 0.3) is 0 Å². The van der Waals surface area contributed by atoms with E-state index in [1.165, 1.54) is 28.9 Å². The first kappa shape index (κ1) is 35.0. The summed E-state index contributed by atoms with van der Waals surface area (Å²) in [5, 5.41) is 2.64. The van der Waals surface area contributed by atoms with Gasteiger partial charge in [0.05, 0.1) is 11.6 Å². The second kappa shape index (κ2) is 15.2. The van der Waals surface area contributed by atoms with Crippen molar-refractivity contribution in [2.45, 2.75) is 56.7 Å². The molecule has 0 spiro atoms. The van der Waals surface area contributed by atoms with Gasteiger partial charge in [-0.1, -0.05) is 60.7 Å². The normalized spacial score (nSPS) is 20.1. The van der Waals surface area contributed by atoms with E-state index in [0.717, 1.165) is 23.3 Å². The summed E-state index contributed by atoms with van der Waals surface area (Å²) in [6.07, 6.45) is -0.419. The maximum atomic E-state index is 13.9. The third-order valence-electron chi connectivity index (χ3n) is 7.85. The molecule has 0 saturated carbocycles. The van der Waals surface area contributed by atoms with E-state index in [2.05, 4.69) is 11.4 Å². The number of nitrogens with one attached hydrogen (secondary N) is 1. The number of carbonyl (C=O) groups excluding carboxylic acids is 4. The van der Waals surface area contributed by atoms with E-state index in [4.69, 9.17) is 4.74 Å². The topological polar surface area (TPSA) is 96.0 Å². The summed E-state index contributed by atoms with van der Waals surface area (Å²) in [7, 11) is 0. The van der Waals surface area contributed by atoms with Gasteiger partial charge in [-0.3, -0.25) is 14.5 Å². The van der Waals surface area contributed by atoms with Crippen LogP contribution in [0.3, 0.4) is 0 Å². The molecule has 3 amide bonds. The summed E-state index contributed by atoms with van der Waals surface area (Å²) in [5.41, 5.74) is 0.906. The molecule has 2 saturated heterocycles. The Balaban J connectivity index is 0.00000480. The van der Waals surface area contributed by atoms with Crippen LogP contribution in [-0.2, 0) is 64.6 Å². The quantitative estimate of drug-likeness (QED) is 0.215. The number of halogens is 3. The van der Waals surface area contributed by atoms with Crippen molar-refractivity contribution in [3.05, 3.63) is 113 Å². The molecule has 12 heteroatoms. The molecule has 8 nitrogen and oxygen atoms in total. The van der Waals surface area contributed by atoms with Gasteiger partial charge < -0.3 is 19.7 Å².